The molecular weight excluding hydrogens is 420 g/mol. The number of nitrogens with one attached hydrogen (secondary N) is 2. The summed E-state index contributed by atoms with van der Waals surface area (Å²) in [6.45, 7) is 3.24. The number of anilines is 1. The van der Waals surface area contributed by atoms with Crippen molar-refractivity contribution in [3.63, 3.8) is 0 Å². The second-order valence-electron chi connectivity index (χ2n) is 7.96. The monoisotopic (exact) mass is 444 g/mol. The molecule has 168 valence electrons. The van der Waals surface area contributed by atoms with E-state index >= 15 is 0 Å². The van der Waals surface area contributed by atoms with Gasteiger partial charge in [0.25, 0.3) is 5.91 Å². The number of ether oxygens (including phenoxy) is 1. The van der Waals surface area contributed by atoms with Gasteiger partial charge in [-0.15, -0.1) is 0 Å². The molecule has 0 saturated heterocycles. The van der Waals surface area contributed by atoms with Crippen LogP contribution >= 0.6 is 0 Å². The van der Waals surface area contributed by atoms with Crippen molar-refractivity contribution in [1.82, 2.24) is 5.32 Å². The molecule has 7 nitrogen and oxygen atoms in total. The highest BCUT2D eigenvalue weighted by Crippen LogP contribution is 2.44. The van der Waals surface area contributed by atoms with E-state index in [0.717, 1.165) is 22.3 Å². The molecule has 3 aromatic carbocycles. The minimum Gasteiger partial charge on any atom is -0.480 e. The van der Waals surface area contributed by atoms with Crippen molar-refractivity contribution >= 4 is 23.7 Å². The van der Waals surface area contributed by atoms with Gasteiger partial charge >= 0.3 is 12.1 Å². The number of carboxylic acid groups (broad SMARTS) is 1. The second-order valence-corrected chi connectivity index (χ2v) is 7.96. The summed E-state index contributed by atoms with van der Waals surface area (Å²) in [5.74, 6) is -1.72. The SMILES string of the molecule is Cc1c(NC(=O)OCC2c3ccccc3-c3ccccc32)cccc1C(=O)NC(C)C(=O)O. The van der Waals surface area contributed by atoms with Crippen molar-refractivity contribution in [2.45, 2.75) is 25.8 Å². The zero-order chi connectivity index (χ0) is 23.5. The first-order valence-corrected chi connectivity index (χ1v) is 10.6. The normalized spacial score (nSPS) is 12.9. The predicted octanol–water partition coefficient (Wildman–Crippen LogP) is 4.56. The first kappa shape index (κ1) is 22.1. The van der Waals surface area contributed by atoms with Gasteiger partial charge in [0.1, 0.15) is 12.6 Å². The quantitative estimate of drug-likeness (QED) is 0.517. The third kappa shape index (κ3) is 4.43. The number of hydrogen-bond acceptors (Lipinski definition) is 4. The van der Waals surface area contributed by atoms with E-state index in [1.54, 1.807) is 25.1 Å². The maximum absolute atomic E-state index is 12.6. The predicted molar refractivity (Wildman–Crippen MR) is 124 cm³/mol. The van der Waals surface area contributed by atoms with Crippen LogP contribution < -0.4 is 10.6 Å². The molecule has 2 amide bonds. The van der Waals surface area contributed by atoms with Crippen LogP contribution in [0.2, 0.25) is 0 Å². The fourth-order valence-electron chi connectivity index (χ4n) is 4.10. The summed E-state index contributed by atoms with van der Waals surface area (Å²) in [4.78, 5) is 36.0. The lowest BCUT2D eigenvalue weighted by Gasteiger charge is -2.16. The molecule has 1 atom stereocenters. The summed E-state index contributed by atoms with van der Waals surface area (Å²) in [6, 6.07) is 20.0. The van der Waals surface area contributed by atoms with Crippen molar-refractivity contribution in [2.24, 2.45) is 0 Å². The molecule has 3 aromatic rings. The van der Waals surface area contributed by atoms with Gasteiger partial charge in [0.05, 0.1) is 0 Å². The Hall–Kier alpha value is -4.13. The molecule has 0 radical (unpaired) electrons. The van der Waals surface area contributed by atoms with Gasteiger partial charge < -0.3 is 15.2 Å². The molecule has 1 unspecified atom stereocenters. The molecule has 0 bridgehead atoms. The largest absolute Gasteiger partial charge is 0.480 e. The number of carboxylic acids is 1. The minimum atomic E-state index is -1.13. The number of carbonyl (C=O) groups is 3. The van der Waals surface area contributed by atoms with E-state index in [4.69, 9.17) is 9.84 Å². The van der Waals surface area contributed by atoms with E-state index in [2.05, 4.69) is 22.8 Å². The maximum atomic E-state index is 12.6. The zero-order valence-electron chi connectivity index (χ0n) is 18.3. The number of benzene rings is 3. The fraction of sp³-hybridized carbons (Fsp3) is 0.192. The smallest absolute Gasteiger partial charge is 0.411 e. The maximum Gasteiger partial charge on any atom is 0.411 e. The van der Waals surface area contributed by atoms with Crippen LogP contribution in [0.15, 0.2) is 66.7 Å². The number of carbonyl (C=O) groups excluding carboxylic acids is 2. The summed E-state index contributed by atoms with van der Waals surface area (Å²) in [6.07, 6.45) is -0.628. The van der Waals surface area contributed by atoms with Crippen LogP contribution in [-0.4, -0.2) is 35.7 Å². The molecule has 0 saturated carbocycles. The number of amides is 2. The number of fused-ring (bicyclic) bond motifs is 3. The Bertz CT molecular complexity index is 1190. The Morgan fingerprint density at radius 3 is 2.15 bits per heavy atom. The van der Waals surface area contributed by atoms with E-state index in [1.807, 2.05) is 36.4 Å². The van der Waals surface area contributed by atoms with E-state index in [-0.39, 0.29) is 18.1 Å². The highest BCUT2D eigenvalue weighted by atomic mass is 16.5. The number of hydrogen-bond donors (Lipinski definition) is 3. The van der Waals surface area contributed by atoms with E-state index in [1.165, 1.54) is 6.92 Å². The third-order valence-corrected chi connectivity index (χ3v) is 5.88. The van der Waals surface area contributed by atoms with Crippen LogP contribution in [0.5, 0.6) is 0 Å². The number of aliphatic carboxylic acids is 1. The Labute approximate surface area is 191 Å². The first-order chi connectivity index (χ1) is 15.9. The number of rotatable bonds is 6. The lowest BCUT2D eigenvalue weighted by Crippen LogP contribution is -2.38. The highest BCUT2D eigenvalue weighted by Gasteiger charge is 2.29. The van der Waals surface area contributed by atoms with Gasteiger partial charge in [-0.05, 0) is 53.8 Å². The molecule has 0 aromatic heterocycles. The summed E-state index contributed by atoms with van der Waals surface area (Å²) < 4.78 is 5.57. The van der Waals surface area contributed by atoms with Crippen molar-refractivity contribution < 1.29 is 24.2 Å². The van der Waals surface area contributed by atoms with Gasteiger partial charge in [-0.3, -0.25) is 14.9 Å². The van der Waals surface area contributed by atoms with Crippen LogP contribution in [0.1, 0.15) is 39.9 Å². The summed E-state index contributed by atoms with van der Waals surface area (Å²) in [5, 5.41) is 14.1. The average Bonchev–Trinajstić information content (AvgIpc) is 3.12. The molecule has 0 spiro atoms. The van der Waals surface area contributed by atoms with Crippen LogP contribution in [-0.2, 0) is 9.53 Å². The van der Waals surface area contributed by atoms with Crippen LogP contribution in [0.3, 0.4) is 0 Å². The van der Waals surface area contributed by atoms with Gasteiger partial charge in [-0.2, -0.15) is 0 Å². The summed E-state index contributed by atoms with van der Waals surface area (Å²) in [7, 11) is 0. The lowest BCUT2D eigenvalue weighted by molar-refractivity contribution is -0.138. The van der Waals surface area contributed by atoms with Crippen molar-refractivity contribution in [3.8, 4) is 11.1 Å². The van der Waals surface area contributed by atoms with Gasteiger partial charge in [0.2, 0.25) is 0 Å². The van der Waals surface area contributed by atoms with E-state index < -0.39 is 24.0 Å². The third-order valence-electron chi connectivity index (χ3n) is 5.88. The average molecular weight is 444 g/mol. The van der Waals surface area contributed by atoms with Crippen molar-refractivity contribution in [3.05, 3.63) is 89.0 Å². The topological polar surface area (TPSA) is 105 Å². The van der Waals surface area contributed by atoms with Gasteiger partial charge in [-0.1, -0.05) is 54.6 Å². The summed E-state index contributed by atoms with van der Waals surface area (Å²) in [5.41, 5.74) is 5.74. The summed E-state index contributed by atoms with van der Waals surface area (Å²) >= 11 is 0. The molecule has 33 heavy (non-hydrogen) atoms. The Morgan fingerprint density at radius 2 is 1.55 bits per heavy atom. The molecule has 1 aliphatic rings. The van der Waals surface area contributed by atoms with Gasteiger partial charge in [0, 0.05) is 17.2 Å². The van der Waals surface area contributed by atoms with E-state index in [0.29, 0.717) is 11.3 Å². The fourth-order valence-corrected chi connectivity index (χ4v) is 4.10. The molecule has 3 N–H and O–H groups in total. The van der Waals surface area contributed by atoms with Crippen molar-refractivity contribution in [1.29, 1.82) is 0 Å². The van der Waals surface area contributed by atoms with E-state index in [9.17, 15) is 14.4 Å². The van der Waals surface area contributed by atoms with Gasteiger partial charge in [0.15, 0.2) is 0 Å². The molecule has 0 aliphatic heterocycles. The molecule has 1 aliphatic carbocycles. The highest BCUT2D eigenvalue weighted by molar-refractivity contribution is 6.00. The first-order valence-electron chi connectivity index (χ1n) is 10.6. The van der Waals surface area contributed by atoms with Crippen molar-refractivity contribution in [2.75, 3.05) is 11.9 Å². The molecule has 7 heteroatoms. The van der Waals surface area contributed by atoms with Crippen LogP contribution in [0.25, 0.3) is 11.1 Å². The molecule has 4 rings (SSSR count). The minimum absolute atomic E-state index is 0.0566. The standard InChI is InChI=1S/C26H24N2O5/c1-15-17(24(29)27-16(2)25(30)31)12-7-13-23(15)28-26(32)33-14-22-20-10-5-3-8-18(20)19-9-4-6-11-21(19)22/h3-13,16,22H,14H2,1-2H3,(H,27,29)(H,28,32)(H,30,31). The molecular formula is C26H24N2O5. The molecule has 0 heterocycles. The van der Waals surface area contributed by atoms with Crippen LogP contribution in [0.4, 0.5) is 10.5 Å². The lowest BCUT2D eigenvalue weighted by atomic mass is 9.98. The van der Waals surface area contributed by atoms with Crippen LogP contribution in [0, 0.1) is 6.92 Å². The van der Waals surface area contributed by atoms with Gasteiger partial charge in [-0.25, -0.2) is 4.79 Å². The Balaban J connectivity index is 1.45. The second kappa shape index (κ2) is 9.16. The molecule has 0 fully saturated rings. The zero-order valence-corrected chi connectivity index (χ0v) is 18.3. The Morgan fingerprint density at radius 1 is 0.939 bits per heavy atom. The Kier molecular flexibility index (Phi) is 6.13.